The van der Waals surface area contributed by atoms with Gasteiger partial charge in [0.25, 0.3) is 5.88 Å². The topological polar surface area (TPSA) is 59.5 Å². The molecule has 1 aromatic carbocycles. The van der Waals surface area contributed by atoms with Gasteiger partial charge < -0.3 is 19.7 Å². The third kappa shape index (κ3) is 4.10. The van der Waals surface area contributed by atoms with Gasteiger partial charge in [0.2, 0.25) is 0 Å². The molecule has 0 saturated carbocycles. The maximum atomic E-state index is 5.80. The van der Waals surface area contributed by atoms with Gasteiger partial charge in [0, 0.05) is 38.1 Å². The normalized spacial score (nSPS) is 17.8. The average Bonchev–Trinajstić information content (AvgIpc) is 2.61. The van der Waals surface area contributed by atoms with E-state index in [1.54, 1.807) is 12.4 Å². The molecule has 1 fully saturated rings. The first kappa shape index (κ1) is 15.6. The summed E-state index contributed by atoms with van der Waals surface area (Å²) in [5.74, 6) is 2.21. The highest BCUT2D eigenvalue weighted by Crippen LogP contribution is 2.25. The number of piperazine rings is 1. The largest absolute Gasteiger partial charge is 0.490 e. The van der Waals surface area contributed by atoms with Crippen LogP contribution in [0, 0.1) is 0 Å². The second kappa shape index (κ2) is 7.78. The Balaban J connectivity index is 1.57. The van der Waals surface area contributed by atoms with Crippen LogP contribution in [-0.4, -0.2) is 48.9 Å². The quantitative estimate of drug-likeness (QED) is 0.820. The van der Waals surface area contributed by atoms with Crippen molar-refractivity contribution in [1.82, 2.24) is 15.3 Å². The van der Waals surface area contributed by atoms with Gasteiger partial charge in [-0.3, -0.25) is 0 Å². The first-order valence-electron chi connectivity index (χ1n) is 7.93. The molecule has 23 heavy (non-hydrogen) atoms. The predicted molar refractivity (Wildman–Crippen MR) is 89.1 cm³/mol. The molecule has 1 saturated heterocycles. The predicted octanol–water partition coefficient (Wildman–Crippen LogP) is 1.73. The summed E-state index contributed by atoms with van der Waals surface area (Å²) in [4.78, 5) is 11.0. The SMILES string of the molecule is C[C@H]1CNCCN1c1nccnc1OCCOc1ccccc1. The Hall–Kier alpha value is -2.34. The monoisotopic (exact) mass is 314 g/mol. The molecule has 0 spiro atoms. The molecule has 0 amide bonds. The van der Waals surface area contributed by atoms with Gasteiger partial charge in [-0.05, 0) is 19.1 Å². The van der Waals surface area contributed by atoms with E-state index in [4.69, 9.17) is 9.47 Å². The highest BCUT2D eigenvalue weighted by Gasteiger charge is 2.23. The Bertz CT molecular complexity index is 609. The lowest BCUT2D eigenvalue weighted by atomic mass is 10.2. The third-order valence-electron chi connectivity index (χ3n) is 3.75. The number of anilines is 1. The van der Waals surface area contributed by atoms with Crippen molar-refractivity contribution in [3.8, 4) is 11.6 Å². The van der Waals surface area contributed by atoms with E-state index in [-0.39, 0.29) is 0 Å². The van der Waals surface area contributed by atoms with Crippen molar-refractivity contribution >= 4 is 5.82 Å². The molecule has 2 heterocycles. The summed E-state index contributed by atoms with van der Waals surface area (Å²) < 4.78 is 11.4. The molecule has 1 N–H and O–H groups in total. The van der Waals surface area contributed by atoms with Crippen LogP contribution < -0.4 is 19.7 Å². The highest BCUT2D eigenvalue weighted by molar-refractivity contribution is 5.49. The molecule has 0 aliphatic carbocycles. The van der Waals surface area contributed by atoms with Gasteiger partial charge >= 0.3 is 0 Å². The van der Waals surface area contributed by atoms with Crippen LogP contribution in [0.1, 0.15) is 6.92 Å². The maximum absolute atomic E-state index is 5.80. The molecule has 1 aliphatic heterocycles. The lowest BCUT2D eigenvalue weighted by Gasteiger charge is -2.35. The number of aromatic nitrogens is 2. The van der Waals surface area contributed by atoms with Crippen molar-refractivity contribution in [2.24, 2.45) is 0 Å². The molecule has 1 atom stereocenters. The number of para-hydroxylation sites is 1. The Morgan fingerprint density at radius 3 is 2.74 bits per heavy atom. The van der Waals surface area contributed by atoms with Crippen molar-refractivity contribution in [3.05, 3.63) is 42.7 Å². The summed E-state index contributed by atoms with van der Waals surface area (Å²) in [5, 5.41) is 3.37. The van der Waals surface area contributed by atoms with E-state index in [9.17, 15) is 0 Å². The average molecular weight is 314 g/mol. The highest BCUT2D eigenvalue weighted by atomic mass is 16.5. The molecule has 122 valence electrons. The van der Waals surface area contributed by atoms with Crippen molar-refractivity contribution in [2.75, 3.05) is 37.7 Å². The number of nitrogens with one attached hydrogen (secondary N) is 1. The summed E-state index contributed by atoms with van der Waals surface area (Å²) in [6, 6.07) is 10.1. The minimum atomic E-state index is 0.364. The lowest BCUT2D eigenvalue weighted by molar-refractivity contribution is 0.211. The van der Waals surface area contributed by atoms with E-state index in [0.717, 1.165) is 31.2 Å². The van der Waals surface area contributed by atoms with Crippen LogP contribution in [0.3, 0.4) is 0 Å². The molecule has 6 heteroatoms. The van der Waals surface area contributed by atoms with Crippen molar-refractivity contribution in [2.45, 2.75) is 13.0 Å². The summed E-state index contributed by atoms with van der Waals surface area (Å²) in [5.41, 5.74) is 0. The van der Waals surface area contributed by atoms with Crippen LogP contribution in [0.15, 0.2) is 42.7 Å². The standard InChI is InChI=1S/C17H22N4O2/c1-14-13-18-9-10-21(14)16-17(20-8-7-19-16)23-12-11-22-15-5-3-2-4-6-15/h2-8,14,18H,9-13H2,1H3/t14-/m0/s1. The van der Waals surface area contributed by atoms with Gasteiger partial charge in [-0.2, -0.15) is 0 Å². The van der Waals surface area contributed by atoms with Crippen molar-refractivity contribution < 1.29 is 9.47 Å². The van der Waals surface area contributed by atoms with E-state index >= 15 is 0 Å². The third-order valence-corrected chi connectivity index (χ3v) is 3.75. The molecule has 1 aliphatic rings. The second-order valence-corrected chi connectivity index (χ2v) is 5.44. The Morgan fingerprint density at radius 2 is 1.91 bits per heavy atom. The van der Waals surface area contributed by atoms with Gasteiger partial charge in [0.15, 0.2) is 5.82 Å². The number of hydrogen-bond acceptors (Lipinski definition) is 6. The number of nitrogens with zero attached hydrogens (tertiary/aromatic N) is 3. The summed E-state index contributed by atoms with van der Waals surface area (Å²) in [6.45, 7) is 5.85. The molecule has 6 nitrogen and oxygen atoms in total. The van der Waals surface area contributed by atoms with Crippen LogP contribution in [-0.2, 0) is 0 Å². The van der Waals surface area contributed by atoms with Crippen LogP contribution in [0.2, 0.25) is 0 Å². The molecule has 1 aromatic heterocycles. The number of rotatable bonds is 6. The van der Waals surface area contributed by atoms with E-state index in [0.29, 0.717) is 25.1 Å². The Labute approximate surface area is 136 Å². The minimum Gasteiger partial charge on any atom is -0.490 e. The van der Waals surface area contributed by atoms with Gasteiger partial charge in [-0.1, -0.05) is 18.2 Å². The number of hydrogen-bond donors (Lipinski definition) is 1. The Morgan fingerprint density at radius 1 is 1.13 bits per heavy atom. The molecule has 0 radical (unpaired) electrons. The molecule has 2 aromatic rings. The number of benzene rings is 1. The van der Waals surface area contributed by atoms with Crippen LogP contribution in [0.4, 0.5) is 5.82 Å². The summed E-state index contributed by atoms with van der Waals surface area (Å²) >= 11 is 0. The van der Waals surface area contributed by atoms with Gasteiger partial charge in [-0.15, -0.1) is 0 Å². The van der Waals surface area contributed by atoms with Gasteiger partial charge in [0.1, 0.15) is 19.0 Å². The Kier molecular flexibility index (Phi) is 5.26. The molecular formula is C17H22N4O2. The zero-order valence-corrected chi connectivity index (χ0v) is 13.3. The molecule has 0 unspecified atom stereocenters. The van der Waals surface area contributed by atoms with Crippen LogP contribution in [0.25, 0.3) is 0 Å². The fourth-order valence-electron chi connectivity index (χ4n) is 2.59. The van der Waals surface area contributed by atoms with Gasteiger partial charge in [0.05, 0.1) is 0 Å². The van der Waals surface area contributed by atoms with E-state index in [1.807, 2.05) is 30.3 Å². The van der Waals surface area contributed by atoms with Crippen molar-refractivity contribution in [1.29, 1.82) is 0 Å². The fraction of sp³-hybridized carbons (Fsp3) is 0.412. The first-order chi connectivity index (χ1) is 11.3. The first-order valence-corrected chi connectivity index (χ1v) is 7.93. The van der Waals surface area contributed by atoms with Crippen LogP contribution in [0.5, 0.6) is 11.6 Å². The summed E-state index contributed by atoms with van der Waals surface area (Å²) in [7, 11) is 0. The zero-order chi connectivity index (χ0) is 15.9. The van der Waals surface area contributed by atoms with Crippen molar-refractivity contribution in [3.63, 3.8) is 0 Å². The zero-order valence-electron chi connectivity index (χ0n) is 13.3. The van der Waals surface area contributed by atoms with Crippen LogP contribution >= 0.6 is 0 Å². The smallest absolute Gasteiger partial charge is 0.257 e. The molecule has 0 bridgehead atoms. The van der Waals surface area contributed by atoms with E-state index in [1.165, 1.54) is 0 Å². The maximum Gasteiger partial charge on any atom is 0.257 e. The molecule has 3 rings (SSSR count). The second-order valence-electron chi connectivity index (χ2n) is 5.44. The minimum absolute atomic E-state index is 0.364. The lowest BCUT2D eigenvalue weighted by Crippen LogP contribution is -2.50. The molecular weight excluding hydrogens is 292 g/mol. The summed E-state index contributed by atoms with van der Waals surface area (Å²) in [6.07, 6.45) is 3.36. The number of ether oxygens (including phenoxy) is 2. The fourth-order valence-corrected chi connectivity index (χ4v) is 2.59. The van der Waals surface area contributed by atoms with E-state index in [2.05, 4.69) is 27.1 Å². The van der Waals surface area contributed by atoms with E-state index < -0.39 is 0 Å². The van der Waals surface area contributed by atoms with Gasteiger partial charge in [-0.25, -0.2) is 9.97 Å².